The van der Waals surface area contributed by atoms with Gasteiger partial charge in [-0.1, -0.05) is 0 Å². The summed E-state index contributed by atoms with van der Waals surface area (Å²) in [6, 6.07) is 4.08. The molecule has 3 rings (SSSR count). The Bertz CT molecular complexity index is 587. The molecule has 1 fully saturated rings. The summed E-state index contributed by atoms with van der Waals surface area (Å²) in [4.78, 5) is 4.25. The molecule has 2 atom stereocenters. The number of aliphatic hydroxyl groups excluding tert-OH is 1. The smallest absolute Gasteiger partial charge is 0.153 e. The Kier molecular flexibility index (Phi) is 3.56. The van der Waals surface area contributed by atoms with E-state index in [-0.39, 0.29) is 12.6 Å². The first-order valence-electron chi connectivity index (χ1n) is 6.71. The third kappa shape index (κ3) is 2.47. The van der Waals surface area contributed by atoms with E-state index >= 15 is 0 Å². The van der Waals surface area contributed by atoms with Crippen molar-refractivity contribution in [3.63, 3.8) is 0 Å². The molecule has 7 heteroatoms. The third-order valence-corrected chi connectivity index (χ3v) is 3.53. The molecule has 1 aliphatic rings. The van der Waals surface area contributed by atoms with Gasteiger partial charge in [-0.2, -0.15) is 5.10 Å². The Morgan fingerprint density at radius 1 is 1.65 bits per heavy atom. The highest BCUT2D eigenvalue weighted by Crippen LogP contribution is 2.16. The van der Waals surface area contributed by atoms with Crippen molar-refractivity contribution in [1.82, 2.24) is 19.9 Å². The van der Waals surface area contributed by atoms with E-state index in [1.807, 2.05) is 25.3 Å². The molecule has 20 heavy (non-hydrogen) atoms. The predicted octanol–water partition coefficient (Wildman–Crippen LogP) is -0.119. The van der Waals surface area contributed by atoms with Gasteiger partial charge in [-0.25, -0.2) is 9.50 Å². The molecular formula is C13H19N5O2. The Hall–Kier alpha value is -1.70. The maximum absolute atomic E-state index is 9.69. The number of morpholine rings is 1. The second kappa shape index (κ2) is 5.35. The van der Waals surface area contributed by atoms with Crippen LogP contribution in [0.15, 0.2) is 24.7 Å². The molecule has 1 aliphatic heterocycles. The van der Waals surface area contributed by atoms with Crippen molar-refractivity contribution in [3.05, 3.63) is 24.7 Å². The highest BCUT2D eigenvalue weighted by Gasteiger charge is 2.34. The van der Waals surface area contributed by atoms with Gasteiger partial charge >= 0.3 is 0 Å². The zero-order valence-electron chi connectivity index (χ0n) is 11.4. The first-order valence-corrected chi connectivity index (χ1v) is 6.71. The number of ether oxygens (including phenoxy) is 1. The molecule has 1 saturated heterocycles. The van der Waals surface area contributed by atoms with Crippen LogP contribution >= 0.6 is 0 Å². The van der Waals surface area contributed by atoms with Crippen LogP contribution in [0.2, 0.25) is 0 Å². The number of hydrogen-bond acceptors (Lipinski definition) is 6. The number of hydrogen-bond donors (Lipinski definition) is 3. The van der Waals surface area contributed by atoms with Crippen LogP contribution in [0.5, 0.6) is 0 Å². The van der Waals surface area contributed by atoms with Crippen molar-refractivity contribution in [1.29, 1.82) is 0 Å². The Labute approximate surface area is 117 Å². The van der Waals surface area contributed by atoms with Crippen molar-refractivity contribution >= 4 is 11.3 Å². The maximum atomic E-state index is 9.69. The van der Waals surface area contributed by atoms with Crippen LogP contribution < -0.4 is 10.6 Å². The third-order valence-electron chi connectivity index (χ3n) is 3.53. The highest BCUT2D eigenvalue weighted by atomic mass is 16.5. The maximum Gasteiger partial charge on any atom is 0.153 e. The fourth-order valence-electron chi connectivity index (χ4n) is 2.54. The summed E-state index contributed by atoms with van der Waals surface area (Å²) in [6.07, 6.45) is 3.38. The standard InChI is InChI=1S/C13H19N5O2/c1-10-5-20-8-13(7-19,17-10)6-14-12-11-3-2-4-18(11)16-9-15-12/h2-4,9-10,17,19H,5-8H2,1H3,(H,14,15,16)/t10-,13+/m1/s1. The van der Waals surface area contributed by atoms with Gasteiger partial charge in [0.1, 0.15) is 11.8 Å². The van der Waals surface area contributed by atoms with Crippen molar-refractivity contribution in [2.75, 3.05) is 31.7 Å². The molecule has 0 radical (unpaired) electrons. The molecule has 7 nitrogen and oxygen atoms in total. The summed E-state index contributed by atoms with van der Waals surface area (Å²) in [5, 5.41) is 20.5. The van der Waals surface area contributed by atoms with Crippen LogP contribution in [0.25, 0.3) is 5.52 Å². The fourth-order valence-corrected chi connectivity index (χ4v) is 2.54. The molecule has 108 valence electrons. The fraction of sp³-hybridized carbons (Fsp3) is 0.538. The first-order chi connectivity index (χ1) is 9.72. The minimum absolute atomic E-state index is 0.00667. The van der Waals surface area contributed by atoms with E-state index in [0.29, 0.717) is 19.8 Å². The largest absolute Gasteiger partial charge is 0.394 e. The molecule has 0 aliphatic carbocycles. The second-order valence-electron chi connectivity index (χ2n) is 5.30. The van der Waals surface area contributed by atoms with Crippen LogP contribution in [0, 0.1) is 0 Å². The lowest BCUT2D eigenvalue weighted by Gasteiger charge is -2.40. The Morgan fingerprint density at radius 3 is 3.35 bits per heavy atom. The predicted molar refractivity (Wildman–Crippen MR) is 74.7 cm³/mol. The number of nitrogens with zero attached hydrogens (tertiary/aromatic N) is 3. The van der Waals surface area contributed by atoms with Gasteiger partial charge in [0.25, 0.3) is 0 Å². The zero-order chi connectivity index (χ0) is 14.0. The van der Waals surface area contributed by atoms with Gasteiger partial charge in [0, 0.05) is 18.8 Å². The lowest BCUT2D eigenvalue weighted by molar-refractivity contribution is -0.0157. The van der Waals surface area contributed by atoms with Crippen molar-refractivity contribution in [3.8, 4) is 0 Å². The van der Waals surface area contributed by atoms with Gasteiger partial charge < -0.3 is 20.5 Å². The first kappa shape index (κ1) is 13.3. The summed E-state index contributed by atoms with van der Waals surface area (Å²) in [5.74, 6) is 0.748. The normalized spacial score (nSPS) is 26.8. The van der Waals surface area contributed by atoms with Crippen molar-refractivity contribution in [2.45, 2.75) is 18.5 Å². The van der Waals surface area contributed by atoms with E-state index in [2.05, 4.69) is 20.7 Å². The van der Waals surface area contributed by atoms with Gasteiger partial charge in [-0.3, -0.25) is 0 Å². The van der Waals surface area contributed by atoms with Crippen LogP contribution in [0.3, 0.4) is 0 Å². The number of fused-ring (bicyclic) bond motifs is 1. The van der Waals surface area contributed by atoms with Gasteiger partial charge in [-0.05, 0) is 19.1 Å². The number of nitrogens with one attached hydrogen (secondary N) is 2. The van der Waals surface area contributed by atoms with Crippen molar-refractivity contribution in [2.24, 2.45) is 0 Å². The average Bonchev–Trinajstić information content (AvgIpc) is 2.94. The zero-order valence-corrected chi connectivity index (χ0v) is 11.4. The molecule has 0 aromatic carbocycles. The van der Waals surface area contributed by atoms with Gasteiger partial charge in [0.15, 0.2) is 5.82 Å². The van der Waals surface area contributed by atoms with Gasteiger partial charge in [-0.15, -0.1) is 0 Å². The van der Waals surface area contributed by atoms with Crippen LogP contribution in [-0.2, 0) is 4.74 Å². The number of aromatic nitrogens is 3. The quantitative estimate of drug-likeness (QED) is 0.723. The van der Waals surface area contributed by atoms with Gasteiger partial charge in [0.2, 0.25) is 0 Å². The molecule has 0 unspecified atom stereocenters. The van der Waals surface area contributed by atoms with Crippen LogP contribution in [0.4, 0.5) is 5.82 Å². The van der Waals surface area contributed by atoms with Crippen LogP contribution in [-0.4, -0.2) is 57.7 Å². The number of rotatable bonds is 4. The van der Waals surface area contributed by atoms with Gasteiger partial charge in [0.05, 0.1) is 25.4 Å². The Morgan fingerprint density at radius 2 is 2.55 bits per heavy atom. The summed E-state index contributed by atoms with van der Waals surface area (Å²) in [7, 11) is 0. The lowest BCUT2D eigenvalue weighted by atomic mass is 9.99. The molecular weight excluding hydrogens is 258 g/mol. The topological polar surface area (TPSA) is 83.7 Å². The highest BCUT2D eigenvalue weighted by molar-refractivity contribution is 5.67. The monoisotopic (exact) mass is 277 g/mol. The minimum Gasteiger partial charge on any atom is -0.394 e. The molecule has 0 amide bonds. The molecule has 0 bridgehead atoms. The average molecular weight is 277 g/mol. The molecule has 3 N–H and O–H groups in total. The van der Waals surface area contributed by atoms with Crippen LogP contribution in [0.1, 0.15) is 6.92 Å². The Balaban J connectivity index is 1.76. The van der Waals surface area contributed by atoms with E-state index in [1.54, 1.807) is 4.52 Å². The van der Waals surface area contributed by atoms with E-state index in [4.69, 9.17) is 4.74 Å². The summed E-state index contributed by atoms with van der Waals surface area (Å²) in [5.41, 5.74) is 0.428. The van der Waals surface area contributed by atoms with Crippen molar-refractivity contribution < 1.29 is 9.84 Å². The molecule has 0 spiro atoms. The molecule has 2 aromatic rings. The molecule has 0 saturated carbocycles. The SMILES string of the molecule is C[C@@H]1COC[C@@](CO)(CNc2ncnn3cccc23)N1. The molecule has 2 aromatic heterocycles. The number of aliphatic hydroxyl groups is 1. The lowest BCUT2D eigenvalue weighted by Crippen LogP contribution is -2.63. The van der Waals surface area contributed by atoms with E-state index in [9.17, 15) is 5.11 Å². The summed E-state index contributed by atoms with van der Waals surface area (Å²) < 4.78 is 7.31. The molecule has 3 heterocycles. The summed E-state index contributed by atoms with van der Waals surface area (Å²) in [6.45, 7) is 3.72. The van der Waals surface area contributed by atoms with E-state index in [1.165, 1.54) is 6.33 Å². The minimum atomic E-state index is -0.480. The van der Waals surface area contributed by atoms with E-state index in [0.717, 1.165) is 11.3 Å². The number of anilines is 1. The second-order valence-corrected chi connectivity index (χ2v) is 5.30. The van der Waals surface area contributed by atoms with E-state index < -0.39 is 5.54 Å². The summed E-state index contributed by atoms with van der Waals surface area (Å²) >= 11 is 0.